The Morgan fingerprint density at radius 2 is 2.26 bits per heavy atom. The van der Waals surface area contributed by atoms with Crippen LogP contribution in [-0.2, 0) is 25.9 Å². The van der Waals surface area contributed by atoms with E-state index in [0.29, 0.717) is 18.1 Å². The summed E-state index contributed by atoms with van der Waals surface area (Å²) in [5.74, 6) is 2.71. The van der Waals surface area contributed by atoms with Crippen molar-refractivity contribution in [3.8, 4) is 11.6 Å². The number of aliphatic imine (C=N–C) groups is 1. The first-order valence-electron chi connectivity index (χ1n) is 9.07. The van der Waals surface area contributed by atoms with E-state index in [0.717, 1.165) is 29.8 Å². The van der Waals surface area contributed by atoms with Gasteiger partial charge in [-0.15, -0.1) is 16.4 Å². The molecule has 142 valence electrons. The summed E-state index contributed by atoms with van der Waals surface area (Å²) < 4.78 is 5.32. The Kier molecular flexibility index (Phi) is 5.19. The summed E-state index contributed by atoms with van der Waals surface area (Å²) in [7, 11) is 3.80. The number of guanidine groups is 1. The van der Waals surface area contributed by atoms with Crippen molar-refractivity contribution in [2.45, 2.75) is 38.8 Å². The molecule has 0 atom stereocenters. The fourth-order valence-electron chi connectivity index (χ4n) is 3.19. The van der Waals surface area contributed by atoms with Crippen molar-refractivity contribution in [2.75, 3.05) is 14.1 Å². The molecule has 0 saturated carbocycles. The first-order chi connectivity index (χ1) is 13.2. The Hall–Kier alpha value is -2.68. The molecular formula is C18H23N7OS. The van der Waals surface area contributed by atoms with Gasteiger partial charge in [0.05, 0.1) is 25.0 Å². The highest BCUT2D eigenvalue weighted by Crippen LogP contribution is 2.27. The molecule has 0 bridgehead atoms. The predicted molar refractivity (Wildman–Crippen MR) is 105 cm³/mol. The van der Waals surface area contributed by atoms with Gasteiger partial charge in [0.2, 0.25) is 5.82 Å². The lowest BCUT2D eigenvalue weighted by molar-refractivity contribution is 0.473. The smallest absolute Gasteiger partial charge is 0.216 e. The van der Waals surface area contributed by atoms with Crippen LogP contribution in [0.1, 0.15) is 34.2 Å². The Balaban J connectivity index is 1.35. The van der Waals surface area contributed by atoms with Crippen LogP contribution in [0.15, 0.2) is 27.8 Å². The first kappa shape index (κ1) is 17.7. The quantitative estimate of drug-likeness (QED) is 0.518. The molecule has 27 heavy (non-hydrogen) atoms. The van der Waals surface area contributed by atoms with Crippen LogP contribution in [0.4, 0.5) is 0 Å². The van der Waals surface area contributed by atoms with Crippen LogP contribution < -0.4 is 5.32 Å². The van der Waals surface area contributed by atoms with Crippen molar-refractivity contribution in [1.29, 1.82) is 0 Å². The summed E-state index contributed by atoms with van der Waals surface area (Å²) in [6, 6.07) is 3.65. The second kappa shape index (κ2) is 7.91. The molecule has 0 spiro atoms. The summed E-state index contributed by atoms with van der Waals surface area (Å²) in [6.45, 7) is 1.24. The Morgan fingerprint density at radius 3 is 3.04 bits per heavy atom. The number of aryl methyl sites for hydroxylation is 2. The maximum absolute atomic E-state index is 5.32. The van der Waals surface area contributed by atoms with Crippen molar-refractivity contribution in [2.24, 2.45) is 4.99 Å². The lowest BCUT2D eigenvalue weighted by Crippen LogP contribution is -2.38. The van der Waals surface area contributed by atoms with Crippen LogP contribution in [0.2, 0.25) is 0 Å². The molecule has 0 unspecified atom stereocenters. The average molecular weight is 385 g/mol. The zero-order chi connectivity index (χ0) is 18.6. The van der Waals surface area contributed by atoms with Gasteiger partial charge in [-0.2, -0.15) is 0 Å². The molecule has 0 aliphatic heterocycles. The third kappa shape index (κ3) is 4.02. The zero-order valence-corrected chi connectivity index (χ0v) is 16.3. The highest BCUT2D eigenvalue weighted by Gasteiger charge is 2.17. The van der Waals surface area contributed by atoms with E-state index >= 15 is 0 Å². The number of aromatic nitrogens is 4. The van der Waals surface area contributed by atoms with Gasteiger partial charge in [-0.25, -0.2) is 9.97 Å². The molecule has 0 amide bonds. The van der Waals surface area contributed by atoms with E-state index in [1.165, 1.54) is 29.8 Å². The normalized spacial score (nSPS) is 14.2. The molecule has 0 saturated heterocycles. The number of hydrogen-bond acceptors (Lipinski definition) is 6. The summed E-state index contributed by atoms with van der Waals surface area (Å²) in [5, 5.41) is 11.6. The number of fused-ring (bicyclic) bond motifs is 1. The van der Waals surface area contributed by atoms with E-state index in [1.54, 1.807) is 13.3 Å². The zero-order valence-electron chi connectivity index (χ0n) is 15.5. The molecule has 3 aromatic rings. The predicted octanol–water partition coefficient (Wildman–Crippen LogP) is 2.61. The van der Waals surface area contributed by atoms with E-state index < -0.39 is 0 Å². The summed E-state index contributed by atoms with van der Waals surface area (Å²) >= 11 is 1.83. The minimum Gasteiger partial charge on any atom is -0.461 e. The third-order valence-electron chi connectivity index (χ3n) is 4.52. The number of thiazole rings is 1. The maximum atomic E-state index is 5.32. The van der Waals surface area contributed by atoms with Gasteiger partial charge in [-0.1, -0.05) is 0 Å². The third-order valence-corrected chi connectivity index (χ3v) is 5.67. The molecule has 0 fully saturated rings. The number of rotatable bonds is 5. The molecule has 1 aliphatic carbocycles. The first-order valence-corrected chi connectivity index (χ1v) is 9.89. The van der Waals surface area contributed by atoms with E-state index in [1.807, 2.05) is 30.5 Å². The molecule has 2 N–H and O–H groups in total. The van der Waals surface area contributed by atoms with Crippen LogP contribution in [0.25, 0.3) is 11.6 Å². The molecule has 8 nitrogen and oxygen atoms in total. The minimum absolute atomic E-state index is 0.499. The van der Waals surface area contributed by atoms with Crippen molar-refractivity contribution in [3.05, 3.63) is 39.8 Å². The molecule has 3 aromatic heterocycles. The summed E-state index contributed by atoms with van der Waals surface area (Å²) in [4.78, 5) is 17.2. The van der Waals surface area contributed by atoms with Gasteiger partial charge in [-0.3, -0.25) is 10.1 Å². The van der Waals surface area contributed by atoms with Gasteiger partial charge in [0, 0.05) is 19.0 Å². The Bertz CT molecular complexity index is 889. The molecule has 0 radical (unpaired) electrons. The van der Waals surface area contributed by atoms with E-state index in [9.17, 15) is 0 Å². The van der Waals surface area contributed by atoms with Crippen LogP contribution in [0.3, 0.4) is 0 Å². The van der Waals surface area contributed by atoms with Crippen LogP contribution in [0.5, 0.6) is 0 Å². The molecule has 4 rings (SSSR count). The fraction of sp³-hybridized carbons (Fsp3) is 0.444. The maximum Gasteiger partial charge on any atom is 0.216 e. The highest BCUT2D eigenvalue weighted by molar-refractivity contribution is 7.11. The number of nitrogens with zero attached hydrogens (tertiary/aromatic N) is 5. The molecule has 1 aliphatic rings. The minimum atomic E-state index is 0.499. The van der Waals surface area contributed by atoms with Gasteiger partial charge in [0.1, 0.15) is 10.8 Å². The van der Waals surface area contributed by atoms with Crippen LogP contribution in [0, 0.1) is 0 Å². The largest absolute Gasteiger partial charge is 0.461 e. The van der Waals surface area contributed by atoms with Gasteiger partial charge >= 0.3 is 0 Å². The summed E-state index contributed by atoms with van der Waals surface area (Å²) in [5.41, 5.74) is 1.30. The van der Waals surface area contributed by atoms with Crippen molar-refractivity contribution in [1.82, 2.24) is 30.4 Å². The van der Waals surface area contributed by atoms with E-state index in [-0.39, 0.29) is 0 Å². The number of hydrogen-bond donors (Lipinski definition) is 2. The number of nitrogens with one attached hydrogen (secondary N) is 2. The lowest BCUT2D eigenvalue weighted by atomic mass is 10.0. The Morgan fingerprint density at radius 1 is 1.37 bits per heavy atom. The fourth-order valence-corrected chi connectivity index (χ4v) is 4.40. The second-order valence-electron chi connectivity index (χ2n) is 6.52. The summed E-state index contributed by atoms with van der Waals surface area (Å²) in [6.07, 6.45) is 6.44. The van der Waals surface area contributed by atoms with E-state index in [4.69, 9.17) is 9.40 Å². The number of aromatic amines is 1. The second-order valence-corrected chi connectivity index (χ2v) is 7.69. The van der Waals surface area contributed by atoms with Crippen LogP contribution in [-0.4, -0.2) is 45.1 Å². The molecule has 3 heterocycles. The van der Waals surface area contributed by atoms with Crippen molar-refractivity contribution >= 4 is 17.3 Å². The Labute approximate surface area is 161 Å². The monoisotopic (exact) mass is 385 g/mol. The van der Waals surface area contributed by atoms with Gasteiger partial charge in [0.15, 0.2) is 11.7 Å². The van der Waals surface area contributed by atoms with Crippen LogP contribution >= 0.6 is 11.3 Å². The highest BCUT2D eigenvalue weighted by atomic mass is 32.1. The topological polar surface area (TPSA) is 95.2 Å². The molecule has 0 aromatic carbocycles. The lowest BCUT2D eigenvalue weighted by Gasteiger charge is -2.20. The van der Waals surface area contributed by atoms with E-state index in [2.05, 4.69) is 30.4 Å². The molecule has 9 heteroatoms. The van der Waals surface area contributed by atoms with Gasteiger partial charge in [0.25, 0.3) is 0 Å². The SMILES string of the molecule is CN=C(NCc1nc(-c2ccco2)n[nH]1)N(C)Cc1nc2c(s1)CCCC2. The average Bonchev–Trinajstić information content (AvgIpc) is 3.41. The van der Waals surface area contributed by atoms with Crippen molar-refractivity contribution < 1.29 is 4.42 Å². The standard InChI is InChI=1S/C18H23N7OS/c1-19-18(20-10-15-22-17(24-23-15)13-7-5-9-26-13)25(2)11-16-21-12-6-3-4-8-14(12)27-16/h5,7,9H,3-4,6,8,10-11H2,1-2H3,(H,19,20)(H,22,23,24). The van der Waals surface area contributed by atoms with Gasteiger partial charge < -0.3 is 14.6 Å². The number of furan rings is 1. The van der Waals surface area contributed by atoms with Crippen molar-refractivity contribution in [3.63, 3.8) is 0 Å². The van der Waals surface area contributed by atoms with Gasteiger partial charge in [-0.05, 0) is 37.8 Å². The number of H-pyrrole nitrogens is 1. The molecular weight excluding hydrogens is 362 g/mol.